The molecule has 0 spiro atoms. The molecule has 1 aliphatic rings. The van der Waals surface area contributed by atoms with Crippen LogP contribution in [0.1, 0.15) is 26.2 Å². The quantitative estimate of drug-likeness (QED) is 0.573. The van der Waals surface area contributed by atoms with Gasteiger partial charge in [-0.25, -0.2) is 18.4 Å². The van der Waals surface area contributed by atoms with Crippen LogP contribution in [-0.2, 0) is 10.0 Å². The van der Waals surface area contributed by atoms with Crippen LogP contribution in [0.4, 0.5) is 11.6 Å². The molecule has 0 radical (unpaired) electrons. The number of nitrogens with zero attached hydrogens (tertiary/aromatic N) is 2. The molecule has 2 aromatic carbocycles. The van der Waals surface area contributed by atoms with Crippen molar-refractivity contribution in [1.29, 1.82) is 0 Å². The van der Waals surface area contributed by atoms with Crippen molar-refractivity contribution < 1.29 is 13.5 Å². The van der Waals surface area contributed by atoms with Gasteiger partial charge in [0.2, 0.25) is 0 Å². The topological polar surface area (TPSA) is 104 Å². The smallest absolute Gasteiger partial charge is 0.263 e. The minimum atomic E-state index is -3.81. The van der Waals surface area contributed by atoms with E-state index in [1.165, 1.54) is 12.1 Å². The minimum Gasteiger partial charge on any atom is -0.396 e. The summed E-state index contributed by atoms with van der Waals surface area (Å²) in [6.07, 6.45) is 2.75. The summed E-state index contributed by atoms with van der Waals surface area (Å²) in [5.74, 6) is 0.523. The SMILES string of the molecule is C[C@@]1(CO)CCC[C@H]1Nc1nc2ccccc2nc1NS(=O)(=O)c1ccccc1. The maximum absolute atomic E-state index is 12.9. The van der Waals surface area contributed by atoms with Crippen molar-refractivity contribution in [1.82, 2.24) is 9.97 Å². The van der Waals surface area contributed by atoms with Gasteiger partial charge in [0, 0.05) is 11.5 Å². The lowest BCUT2D eigenvalue weighted by Gasteiger charge is -2.31. The summed E-state index contributed by atoms with van der Waals surface area (Å²) in [4.78, 5) is 9.31. The summed E-state index contributed by atoms with van der Waals surface area (Å²) in [5.41, 5.74) is 0.976. The maximum atomic E-state index is 12.9. The molecule has 0 amide bonds. The Hall–Kier alpha value is -2.71. The molecule has 8 heteroatoms. The fourth-order valence-corrected chi connectivity index (χ4v) is 4.82. The number of rotatable bonds is 6. The molecule has 152 valence electrons. The molecule has 29 heavy (non-hydrogen) atoms. The van der Waals surface area contributed by atoms with Gasteiger partial charge in [-0.05, 0) is 37.1 Å². The Morgan fingerprint density at radius 2 is 1.66 bits per heavy atom. The van der Waals surface area contributed by atoms with Gasteiger partial charge in [0.1, 0.15) is 0 Å². The monoisotopic (exact) mass is 412 g/mol. The highest BCUT2D eigenvalue weighted by Gasteiger charge is 2.39. The molecule has 1 heterocycles. The van der Waals surface area contributed by atoms with Crippen molar-refractivity contribution in [2.75, 3.05) is 16.6 Å². The number of benzene rings is 2. The van der Waals surface area contributed by atoms with Crippen molar-refractivity contribution in [3.63, 3.8) is 0 Å². The molecule has 7 nitrogen and oxygen atoms in total. The first-order valence-electron chi connectivity index (χ1n) is 9.63. The predicted octanol–water partition coefficient (Wildman–Crippen LogP) is 3.39. The van der Waals surface area contributed by atoms with Gasteiger partial charge >= 0.3 is 0 Å². The van der Waals surface area contributed by atoms with E-state index in [0.717, 1.165) is 19.3 Å². The number of anilines is 2. The molecule has 0 unspecified atom stereocenters. The first kappa shape index (κ1) is 19.6. The van der Waals surface area contributed by atoms with E-state index < -0.39 is 10.0 Å². The lowest BCUT2D eigenvalue weighted by Crippen LogP contribution is -2.37. The molecular formula is C21H24N4O3S. The van der Waals surface area contributed by atoms with Crippen molar-refractivity contribution in [2.45, 2.75) is 37.1 Å². The van der Waals surface area contributed by atoms with Crippen molar-refractivity contribution in [3.05, 3.63) is 54.6 Å². The van der Waals surface area contributed by atoms with Crippen LogP contribution in [0.15, 0.2) is 59.5 Å². The highest BCUT2D eigenvalue weighted by Crippen LogP contribution is 2.40. The molecule has 0 saturated heterocycles. The van der Waals surface area contributed by atoms with Crippen LogP contribution >= 0.6 is 0 Å². The van der Waals surface area contributed by atoms with Crippen LogP contribution in [-0.4, -0.2) is 36.1 Å². The number of fused-ring (bicyclic) bond motifs is 1. The number of sulfonamides is 1. The molecule has 3 aromatic rings. The van der Waals surface area contributed by atoms with Crippen LogP contribution in [0.2, 0.25) is 0 Å². The number of para-hydroxylation sites is 2. The Morgan fingerprint density at radius 1 is 1.03 bits per heavy atom. The van der Waals surface area contributed by atoms with Crippen molar-refractivity contribution >= 4 is 32.7 Å². The van der Waals surface area contributed by atoms with E-state index in [4.69, 9.17) is 0 Å². The number of aromatic nitrogens is 2. The summed E-state index contributed by atoms with van der Waals surface area (Å²) in [6, 6.07) is 15.5. The molecule has 3 N–H and O–H groups in total. The largest absolute Gasteiger partial charge is 0.396 e. The Morgan fingerprint density at radius 3 is 2.31 bits per heavy atom. The molecule has 2 atom stereocenters. The van der Waals surface area contributed by atoms with E-state index in [1.807, 2.05) is 25.1 Å². The zero-order valence-corrected chi connectivity index (χ0v) is 17.0. The van der Waals surface area contributed by atoms with Gasteiger partial charge in [-0.1, -0.05) is 43.7 Å². The lowest BCUT2D eigenvalue weighted by molar-refractivity contribution is 0.139. The Balaban J connectivity index is 1.75. The van der Waals surface area contributed by atoms with Gasteiger partial charge in [-0.15, -0.1) is 0 Å². The lowest BCUT2D eigenvalue weighted by atomic mass is 9.86. The number of nitrogens with one attached hydrogen (secondary N) is 2. The minimum absolute atomic E-state index is 0.0251. The first-order chi connectivity index (χ1) is 13.9. The van der Waals surface area contributed by atoms with Gasteiger partial charge in [0.15, 0.2) is 11.6 Å². The van der Waals surface area contributed by atoms with Gasteiger partial charge in [-0.3, -0.25) is 4.72 Å². The third kappa shape index (κ3) is 3.90. The summed E-state index contributed by atoms with van der Waals surface area (Å²) in [7, 11) is -3.81. The Labute approximate surface area is 170 Å². The maximum Gasteiger partial charge on any atom is 0.263 e. The van der Waals surface area contributed by atoms with Crippen LogP contribution < -0.4 is 10.0 Å². The molecule has 1 saturated carbocycles. The fourth-order valence-electron chi connectivity index (χ4n) is 3.79. The van der Waals surface area contributed by atoms with Gasteiger partial charge < -0.3 is 10.4 Å². The highest BCUT2D eigenvalue weighted by molar-refractivity contribution is 7.92. The summed E-state index contributed by atoms with van der Waals surface area (Å²) in [6.45, 7) is 2.08. The van der Waals surface area contributed by atoms with E-state index in [9.17, 15) is 13.5 Å². The Kier molecular flexibility index (Phi) is 5.14. The van der Waals surface area contributed by atoms with E-state index >= 15 is 0 Å². The molecule has 4 rings (SSSR count). The second-order valence-electron chi connectivity index (χ2n) is 7.73. The van der Waals surface area contributed by atoms with Crippen LogP contribution in [0.5, 0.6) is 0 Å². The molecule has 1 fully saturated rings. The third-order valence-corrected chi connectivity index (χ3v) is 6.96. The van der Waals surface area contributed by atoms with Crippen molar-refractivity contribution in [3.8, 4) is 0 Å². The number of aliphatic hydroxyl groups excluding tert-OH is 1. The highest BCUT2D eigenvalue weighted by atomic mass is 32.2. The van der Waals surface area contributed by atoms with E-state index in [0.29, 0.717) is 16.9 Å². The molecule has 1 aliphatic carbocycles. The van der Waals surface area contributed by atoms with E-state index in [2.05, 4.69) is 20.0 Å². The standard InChI is InChI=1S/C21H24N4O3S/c1-21(14-26)13-7-12-18(21)24-19-20(23-17-11-6-5-10-16(17)22-19)25-29(27,28)15-8-3-2-4-9-15/h2-6,8-11,18,26H,7,12-14H2,1H3,(H,22,24)(H,23,25)/t18-,21+/m1/s1. The number of aliphatic hydroxyl groups is 1. The average molecular weight is 413 g/mol. The summed E-state index contributed by atoms with van der Waals surface area (Å²) < 4.78 is 28.3. The second-order valence-corrected chi connectivity index (χ2v) is 9.41. The second kappa shape index (κ2) is 7.61. The zero-order valence-electron chi connectivity index (χ0n) is 16.2. The number of hydrogen-bond acceptors (Lipinski definition) is 6. The third-order valence-electron chi connectivity index (χ3n) is 5.61. The molecule has 0 aliphatic heterocycles. The molecule has 0 bridgehead atoms. The first-order valence-corrected chi connectivity index (χ1v) is 11.1. The summed E-state index contributed by atoms with van der Waals surface area (Å²) >= 11 is 0. The molecule has 1 aromatic heterocycles. The Bertz CT molecular complexity index is 1120. The van der Waals surface area contributed by atoms with E-state index in [1.54, 1.807) is 24.3 Å². The van der Waals surface area contributed by atoms with E-state index in [-0.39, 0.29) is 28.8 Å². The predicted molar refractivity (Wildman–Crippen MR) is 113 cm³/mol. The van der Waals surface area contributed by atoms with Crippen LogP contribution in [0, 0.1) is 5.41 Å². The summed E-state index contributed by atoms with van der Waals surface area (Å²) in [5, 5.41) is 13.2. The normalized spacial score (nSPS) is 21.9. The van der Waals surface area contributed by atoms with Gasteiger partial charge in [-0.2, -0.15) is 0 Å². The van der Waals surface area contributed by atoms with Gasteiger partial charge in [0.25, 0.3) is 10.0 Å². The van der Waals surface area contributed by atoms with Crippen molar-refractivity contribution in [2.24, 2.45) is 5.41 Å². The average Bonchev–Trinajstić information content (AvgIpc) is 3.10. The number of hydrogen-bond donors (Lipinski definition) is 3. The molecular weight excluding hydrogens is 388 g/mol. The van der Waals surface area contributed by atoms with Gasteiger partial charge in [0.05, 0.1) is 22.5 Å². The fraction of sp³-hybridized carbons (Fsp3) is 0.333. The van der Waals surface area contributed by atoms with Crippen LogP contribution in [0.25, 0.3) is 11.0 Å². The van der Waals surface area contributed by atoms with Crippen LogP contribution in [0.3, 0.4) is 0 Å². The zero-order chi connectivity index (χ0) is 20.5.